The number of carbonyl (C=O) groups excluding carboxylic acids is 6. The minimum absolute atomic E-state index is 0.0109. The second-order valence-corrected chi connectivity index (χ2v) is 16.2. The Morgan fingerprint density at radius 1 is 0.894 bits per heavy atom. The van der Waals surface area contributed by atoms with Gasteiger partial charge in [-0.3, -0.25) is 9.59 Å². The van der Waals surface area contributed by atoms with Crippen LogP contribution in [-0.4, -0.2) is 68.7 Å². The van der Waals surface area contributed by atoms with E-state index in [2.05, 4.69) is 9.98 Å². The number of halogens is 2. The average Bonchev–Trinajstić information content (AvgIpc) is 3.50. The summed E-state index contributed by atoms with van der Waals surface area (Å²) in [5.41, 5.74) is 8.37. The lowest BCUT2D eigenvalue weighted by Crippen LogP contribution is -2.49. The summed E-state index contributed by atoms with van der Waals surface area (Å²) in [6, 6.07) is -5.46. The highest BCUT2D eigenvalue weighted by molar-refractivity contribution is 8.25. The fourth-order valence-electron chi connectivity index (χ4n) is 3.89. The Kier molecular flexibility index (Phi) is 9.92. The number of fused-ring (bicyclic) bond motifs is 2. The molecule has 0 fully saturated rings. The number of carbonyl (C=O) groups is 6. The van der Waals surface area contributed by atoms with Gasteiger partial charge < -0.3 is 20.9 Å². The van der Waals surface area contributed by atoms with Crippen molar-refractivity contribution in [1.82, 2.24) is 9.80 Å². The lowest BCUT2D eigenvalue weighted by atomic mass is 10.1. The molecular formula is C27H26F2N6O8S4. The third-order valence-electron chi connectivity index (χ3n) is 5.43. The molecule has 0 aromatic heterocycles. The van der Waals surface area contributed by atoms with E-state index >= 15 is 8.78 Å². The molecule has 47 heavy (non-hydrogen) atoms. The van der Waals surface area contributed by atoms with Gasteiger partial charge in [0, 0.05) is 13.0 Å². The van der Waals surface area contributed by atoms with Gasteiger partial charge in [0.1, 0.15) is 16.8 Å². The van der Waals surface area contributed by atoms with Crippen LogP contribution in [0.25, 0.3) is 0 Å². The Morgan fingerprint density at radius 3 is 1.85 bits per heavy atom. The lowest BCUT2D eigenvalue weighted by Gasteiger charge is -2.28. The average molecular weight is 729 g/mol. The number of benzene rings is 1. The number of ether oxygens (including phenoxy) is 2. The van der Waals surface area contributed by atoms with Crippen LogP contribution in [0.4, 0.5) is 28.0 Å². The van der Waals surface area contributed by atoms with E-state index in [1.54, 1.807) is 41.5 Å². The number of nitrogens with zero attached hydrogens (tertiary/aromatic N) is 4. The molecule has 3 aliphatic rings. The third-order valence-corrected chi connectivity index (χ3v) is 10.5. The largest absolute Gasteiger partial charge is 0.475 e. The van der Waals surface area contributed by atoms with Gasteiger partial charge in [0.15, 0.2) is 17.5 Å². The highest BCUT2D eigenvalue weighted by Gasteiger charge is 2.44. The zero-order chi connectivity index (χ0) is 35.3. The van der Waals surface area contributed by atoms with Gasteiger partial charge in [0.05, 0.1) is 28.1 Å². The topological polar surface area (TPSA) is 204 Å². The molecule has 0 atom stereocenters. The van der Waals surface area contributed by atoms with E-state index in [4.69, 9.17) is 20.9 Å². The number of hydrogen-bond acceptors (Lipinski definition) is 12. The van der Waals surface area contributed by atoms with Crippen molar-refractivity contribution in [2.75, 3.05) is 0 Å². The van der Waals surface area contributed by atoms with Gasteiger partial charge in [0.2, 0.25) is 5.90 Å². The number of aliphatic imine (C=N–C) groups is 2. The first-order chi connectivity index (χ1) is 21.6. The molecule has 0 radical (unpaired) electrons. The molecule has 10 amide bonds. The van der Waals surface area contributed by atoms with Crippen molar-refractivity contribution < 1.29 is 47.0 Å². The van der Waals surface area contributed by atoms with Crippen molar-refractivity contribution in [3.63, 3.8) is 0 Å². The first-order valence-corrected chi connectivity index (χ1v) is 16.5. The van der Waals surface area contributed by atoms with Gasteiger partial charge in [-0.05, 0) is 41.5 Å². The molecule has 3 aliphatic heterocycles. The van der Waals surface area contributed by atoms with Gasteiger partial charge in [-0.15, -0.1) is 0 Å². The maximum absolute atomic E-state index is 15.9. The molecule has 0 bridgehead atoms. The third kappa shape index (κ3) is 7.65. The van der Waals surface area contributed by atoms with Crippen LogP contribution in [-0.2, 0) is 19.1 Å². The van der Waals surface area contributed by atoms with Crippen LogP contribution >= 0.6 is 47.0 Å². The number of imide groups is 6. The number of amides is 10. The van der Waals surface area contributed by atoms with Crippen molar-refractivity contribution in [2.24, 2.45) is 21.5 Å². The zero-order valence-electron chi connectivity index (χ0n) is 25.7. The smallest absolute Gasteiger partial charge is 0.362 e. The van der Waals surface area contributed by atoms with Gasteiger partial charge in [-0.2, -0.15) is 19.8 Å². The molecule has 20 heteroatoms. The van der Waals surface area contributed by atoms with E-state index in [9.17, 15) is 28.8 Å². The quantitative estimate of drug-likeness (QED) is 0.196. The molecule has 4 rings (SSSR count). The molecule has 0 spiro atoms. The number of rotatable bonds is 1. The summed E-state index contributed by atoms with van der Waals surface area (Å²) < 4.78 is 42.9. The van der Waals surface area contributed by atoms with Crippen LogP contribution in [0.5, 0.6) is 0 Å². The molecule has 0 unspecified atom stereocenters. The zero-order valence-corrected chi connectivity index (χ0v) is 28.9. The molecule has 0 saturated carbocycles. The van der Waals surface area contributed by atoms with E-state index in [0.29, 0.717) is 47.0 Å². The van der Waals surface area contributed by atoms with Crippen LogP contribution in [0.15, 0.2) is 49.7 Å². The Hall–Kier alpha value is -3.88. The van der Waals surface area contributed by atoms with Gasteiger partial charge >= 0.3 is 24.1 Å². The van der Waals surface area contributed by atoms with E-state index < -0.39 is 70.2 Å². The molecule has 14 nitrogen and oxygen atoms in total. The second-order valence-electron chi connectivity index (χ2n) is 11.5. The lowest BCUT2D eigenvalue weighted by molar-refractivity contribution is -0.122. The summed E-state index contributed by atoms with van der Waals surface area (Å²) in [7, 11) is 0. The summed E-state index contributed by atoms with van der Waals surface area (Å²) in [6.07, 6.45) is 0.813. The van der Waals surface area contributed by atoms with Crippen LogP contribution in [0.2, 0.25) is 0 Å². The van der Waals surface area contributed by atoms with Crippen LogP contribution in [0, 0.1) is 11.6 Å². The Labute approximate surface area is 283 Å². The summed E-state index contributed by atoms with van der Waals surface area (Å²) >= 11 is 2.59. The van der Waals surface area contributed by atoms with Crippen LogP contribution in [0.1, 0.15) is 48.5 Å². The predicted molar refractivity (Wildman–Crippen MR) is 171 cm³/mol. The van der Waals surface area contributed by atoms with Gasteiger partial charge in [-0.1, -0.05) is 47.0 Å². The second kappa shape index (κ2) is 13.0. The van der Waals surface area contributed by atoms with Gasteiger partial charge in [-0.25, -0.2) is 28.0 Å². The fraction of sp³-hybridized carbons (Fsp3) is 0.333. The molecule has 1 aromatic rings. The number of urea groups is 4. The molecule has 4 N–H and O–H groups in total. The number of thioether (sulfide) groups is 4. The minimum atomic E-state index is -1.44. The maximum atomic E-state index is 15.9. The monoisotopic (exact) mass is 728 g/mol. The van der Waals surface area contributed by atoms with E-state index in [1.165, 1.54) is 6.92 Å². The van der Waals surface area contributed by atoms with Crippen molar-refractivity contribution >= 4 is 94.8 Å². The van der Waals surface area contributed by atoms with Crippen molar-refractivity contribution in [2.45, 2.75) is 79.3 Å². The molecule has 3 heterocycles. The van der Waals surface area contributed by atoms with E-state index in [-0.39, 0.29) is 43.8 Å². The van der Waals surface area contributed by atoms with Crippen molar-refractivity contribution in [1.29, 1.82) is 0 Å². The van der Waals surface area contributed by atoms with Crippen LogP contribution < -0.4 is 11.5 Å². The van der Waals surface area contributed by atoms with E-state index in [1.807, 2.05) is 0 Å². The van der Waals surface area contributed by atoms with Crippen LogP contribution in [0.3, 0.4) is 0 Å². The highest BCUT2D eigenvalue weighted by atomic mass is 32.2. The summed E-state index contributed by atoms with van der Waals surface area (Å²) in [5.74, 6) is -4.79. The minimum Gasteiger partial charge on any atom is -0.475 e. The normalized spacial score (nSPS) is 16.5. The number of primary amides is 2. The highest BCUT2D eigenvalue weighted by Crippen LogP contribution is 2.62. The predicted octanol–water partition coefficient (Wildman–Crippen LogP) is 5.93. The molecule has 0 saturated heterocycles. The SMILES string of the molecule is C/C(=N\C(=O)N(C(N)=O)C(=O)C=C1Sc2c(F)c3c(c(F)c2S1)SC(=C1C(=O)N(C(N)=O)C(=O)N=C1OC(C)(C)C)S3)OC(C)(C)C. The number of hydrogen-bond donors (Lipinski definition) is 2. The molecule has 1 aromatic carbocycles. The molecule has 250 valence electrons. The Morgan fingerprint density at radius 2 is 1.40 bits per heavy atom. The van der Waals surface area contributed by atoms with E-state index in [0.717, 1.165) is 6.08 Å². The van der Waals surface area contributed by atoms with Crippen molar-refractivity contribution in [3.8, 4) is 0 Å². The summed E-state index contributed by atoms with van der Waals surface area (Å²) in [5, 5.41) is 0. The molecule has 0 aliphatic carbocycles. The Bertz CT molecular complexity index is 1750. The maximum Gasteiger partial charge on any atom is 0.362 e. The molecular weight excluding hydrogens is 703 g/mol. The first kappa shape index (κ1) is 36.0. The standard InChI is InChI=1S/C27H26F2N6O8S4/c1-9(42-26(2,3)4)32-24(40)34(22(30)38)10(36)8-11-44-15-13(28)17-18(14(29)16(15)45-11)47-21(46-17)12-19(43-27(5,6)7)33-25(41)35(20(12)37)23(31)39/h8H,1-7H3,(H2,30,38)(H2,31,39)/b11-8?,21-12?,32-9+. The summed E-state index contributed by atoms with van der Waals surface area (Å²) in [6.45, 7) is 11.2. The fourth-order valence-corrected chi connectivity index (χ4v) is 8.99. The first-order valence-electron chi connectivity index (χ1n) is 13.2. The summed E-state index contributed by atoms with van der Waals surface area (Å²) in [4.78, 5) is 81.5. The Balaban J connectivity index is 1.67. The van der Waals surface area contributed by atoms with Gasteiger partial charge in [0.25, 0.3) is 11.8 Å². The van der Waals surface area contributed by atoms with Crippen molar-refractivity contribution in [3.05, 3.63) is 31.8 Å². The number of nitrogens with two attached hydrogens (primary N) is 2.